The van der Waals surface area contributed by atoms with Crippen molar-refractivity contribution in [1.82, 2.24) is 4.90 Å². The van der Waals surface area contributed by atoms with Crippen LogP contribution in [0.4, 0.5) is 0 Å². The van der Waals surface area contributed by atoms with Gasteiger partial charge in [-0.3, -0.25) is 4.90 Å². The first-order valence-corrected chi connectivity index (χ1v) is 9.22. The zero-order chi connectivity index (χ0) is 19.1. The smallest absolute Gasteiger partial charge is 0.231 e. The largest absolute Gasteiger partial charge is 0.454 e. The molecule has 2 aromatic rings. The second kappa shape index (κ2) is 6.89. The molecule has 6 nitrogen and oxygen atoms in total. The Bertz CT molecular complexity index is 903. The molecule has 3 aliphatic rings. The second-order valence-electron chi connectivity index (χ2n) is 7.24. The van der Waals surface area contributed by atoms with Gasteiger partial charge in [0.1, 0.15) is 0 Å². The zero-order valence-corrected chi connectivity index (χ0v) is 15.6. The molecule has 0 amide bonds. The monoisotopic (exact) mass is 379 g/mol. The van der Waals surface area contributed by atoms with Crippen LogP contribution in [0.1, 0.15) is 11.1 Å². The van der Waals surface area contributed by atoms with Crippen molar-refractivity contribution in [2.75, 3.05) is 33.7 Å². The Labute approximate surface area is 163 Å². The minimum atomic E-state index is -0.632. The maximum atomic E-state index is 11.0. The maximum absolute atomic E-state index is 11.0. The predicted octanol–water partition coefficient (Wildman–Crippen LogP) is 2.92. The molecule has 0 bridgehead atoms. The van der Waals surface area contributed by atoms with Crippen LogP contribution >= 0.6 is 0 Å². The number of fused-ring (bicyclic) bond motifs is 2. The van der Waals surface area contributed by atoms with Crippen molar-refractivity contribution in [3.8, 4) is 23.0 Å². The van der Waals surface area contributed by atoms with Gasteiger partial charge < -0.3 is 24.1 Å². The number of piperidine rings is 1. The number of likely N-dealkylation sites (N-methyl/N-ethyl adjacent to an activating group) is 1. The topological polar surface area (TPSA) is 60.4 Å². The fourth-order valence-electron chi connectivity index (χ4n) is 3.77. The first-order chi connectivity index (χ1) is 13.7. The molecule has 3 heterocycles. The average Bonchev–Trinajstić information content (AvgIpc) is 3.33. The van der Waals surface area contributed by atoms with E-state index >= 15 is 0 Å². The van der Waals surface area contributed by atoms with Gasteiger partial charge in [0.05, 0.1) is 6.10 Å². The lowest BCUT2D eigenvalue weighted by Gasteiger charge is -2.31. The van der Waals surface area contributed by atoms with Gasteiger partial charge in [0.15, 0.2) is 23.0 Å². The van der Waals surface area contributed by atoms with E-state index in [1.54, 1.807) is 0 Å². The highest BCUT2D eigenvalue weighted by atomic mass is 16.7. The molecule has 2 aromatic carbocycles. The molecular weight excluding hydrogens is 358 g/mol. The van der Waals surface area contributed by atoms with Crippen LogP contribution in [0.5, 0.6) is 23.0 Å². The highest BCUT2D eigenvalue weighted by Gasteiger charge is 2.25. The molecule has 3 aliphatic heterocycles. The number of rotatable bonds is 2. The lowest BCUT2D eigenvalue weighted by Crippen LogP contribution is -2.37. The molecule has 0 radical (unpaired) electrons. The number of nitrogens with zero attached hydrogens (tertiary/aromatic N) is 1. The van der Waals surface area contributed by atoms with E-state index in [0.29, 0.717) is 13.1 Å². The Morgan fingerprint density at radius 3 is 1.75 bits per heavy atom. The second-order valence-corrected chi connectivity index (χ2v) is 7.24. The average molecular weight is 379 g/mol. The molecule has 28 heavy (non-hydrogen) atoms. The van der Waals surface area contributed by atoms with Crippen molar-refractivity contribution < 1.29 is 24.1 Å². The molecule has 6 heteroatoms. The Morgan fingerprint density at radius 1 is 0.786 bits per heavy atom. The van der Waals surface area contributed by atoms with E-state index in [4.69, 9.17) is 18.9 Å². The third-order valence-corrected chi connectivity index (χ3v) is 5.10. The van der Waals surface area contributed by atoms with Gasteiger partial charge in [0, 0.05) is 13.1 Å². The van der Waals surface area contributed by atoms with Crippen LogP contribution in [0.3, 0.4) is 0 Å². The summed E-state index contributed by atoms with van der Waals surface area (Å²) in [6, 6.07) is 11.6. The third-order valence-electron chi connectivity index (χ3n) is 5.10. The summed E-state index contributed by atoms with van der Waals surface area (Å²) in [6.45, 7) is 1.91. The Morgan fingerprint density at radius 2 is 1.25 bits per heavy atom. The summed E-state index contributed by atoms with van der Waals surface area (Å²) in [5.41, 5.74) is 3.85. The van der Waals surface area contributed by atoms with E-state index in [1.165, 1.54) is 0 Å². The van der Waals surface area contributed by atoms with Gasteiger partial charge in [0.2, 0.25) is 13.6 Å². The minimum absolute atomic E-state index is 0.253. The van der Waals surface area contributed by atoms with Gasteiger partial charge in [-0.05, 0) is 53.6 Å². The molecule has 0 aliphatic carbocycles. The van der Waals surface area contributed by atoms with E-state index in [9.17, 15) is 5.11 Å². The summed E-state index contributed by atoms with van der Waals surface area (Å²) in [6.07, 6.45) is 3.41. The lowest BCUT2D eigenvalue weighted by atomic mass is 9.93. The van der Waals surface area contributed by atoms with E-state index in [1.807, 2.05) is 55.6 Å². The SMILES string of the molecule is CN1C/C(=C/c2ccc3c(c2)OCO3)C(O)/C(=C/c2ccc3c(c2)OCO3)C1. The molecule has 1 fully saturated rings. The van der Waals surface area contributed by atoms with Gasteiger partial charge in [-0.2, -0.15) is 0 Å². The number of benzene rings is 2. The Balaban J connectivity index is 1.44. The molecule has 1 saturated heterocycles. The molecule has 1 atom stereocenters. The molecule has 1 unspecified atom stereocenters. The fraction of sp³-hybridized carbons (Fsp3) is 0.273. The molecule has 0 aromatic heterocycles. The molecule has 0 spiro atoms. The summed E-state index contributed by atoms with van der Waals surface area (Å²) in [5.74, 6) is 2.99. The van der Waals surface area contributed by atoms with Gasteiger partial charge in [-0.15, -0.1) is 0 Å². The zero-order valence-electron chi connectivity index (χ0n) is 15.6. The van der Waals surface area contributed by atoms with Crippen LogP contribution in [0, 0.1) is 0 Å². The molecular formula is C22H21NO5. The number of hydrogen-bond acceptors (Lipinski definition) is 6. The van der Waals surface area contributed by atoms with Crippen molar-refractivity contribution >= 4 is 12.2 Å². The summed E-state index contributed by atoms with van der Waals surface area (Å²) in [4.78, 5) is 2.18. The van der Waals surface area contributed by atoms with Crippen molar-refractivity contribution in [1.29, 1.82) is 0 Å². The third kappa shape index (κ3) is 3.21. The standard InChI is InChI=1S/C22H21NO5/c1-23-10-16(6-14-2-4-18-20(8-14)27-12-25-18)22(24)17(11-23)7-15-3-5-19-21(9-15)28-13-26-19/h2-9,22,24H,10-13H2,1H3/b16-6-,17-7+. The number of aliphatic hydroxyl groups excluding tert-OH is 1. The molecule has 0 saturated carbocycles. The van der Waals surface area contributed by atoms with Crippen LogP contribution in [-0.4, -0.2) is 49.8 Å². The number of hydrogen-bond donors (Lipinski definition) is 1. The van der Waals surface area contributed by atoms with Crippen LogP contribution in [0.25, 0.3) is 12.2 Å². The predicted molar refractivity (Wildman–Crippen MR) is 105 cm³/mol. The van der Waals surface area contributed by atoms with Crippen LogP contribution in [0.2, 0.25) is 0 Å². The summed E-state index contributed by atoms with van der Waals surface area (Å²) in [7, 11) is 2.05. The maximum Gasteiger partial charge on any atom is 0.231 e. The van der Waals surface area contributed by atoms with E-state index in [-0.39, 0.29) is 13.6 Å². The fourth-order valence-corrected chi connectivity index (χ4v) is 3.77. The van der Waals surface area contributed by atoms with Crippen LogP contribution in [0.15, 0.2) is 47.5 Å². The van der Waals surface area contributed by atoms with E-state index in [0.717, 1.165) is 45.3 Å². The normalized spacial score (nSPS) is 23.6. The van der Waals surface area contributed by atoms with E-state index in [2.05, 4.69) is 4.90 Å². The number of likely N-dealkylation sites (tertiary alicyclic amines) is 1. The highest BCUT2D eigenvalue weighted by Crippen LogP contribution is 2.35. The van der Waals surface area contributed by atoms with Gasteiger partial charge >= 0.3 is 0 Å². The number of ether oxygens (including phenoxy) is 4. The Kier molecular flexibility index (Phi) is 4.22. The van der Waals surface area contributed by atoms with Gasteiger partial charge in [0.25, 0.3) is 0 Å². The number of aliphatic hydroxyl groups is 1. The molecule has 1 N–H and O–H groups in total. The van der Waals surface area contributed by atoms with Crippen molar-refractivity contribution in [3.05, 3.63) is 58.7 Å². The highest BCUT2D eigenvalue weighted by molar-refractivity contribution is 5.65. The first kappa shape index (κ1) is 17.2. The van der Waals surface area contributed by atoms with Gasteiger partial charge in [-0.25, -0.2) is 0 Å². The van der Waals surface area contributed by atoms with Crippen LogP contribution < -0.4 is 18.9 Å². The van der Waals surface area contributed by atoms with Crippen molar-refractivity contribution in [2.45, 2.75) is 6.10 Å². The van der Waals surface area contributed by atoms with Crippen molar-refractivity contribution in [2.24, 2.45) is 0 Å². The lowest BCUT2D eigenvalue weighted by molar-refractivity contribution is 0.173. The van der Waals surface area contributed by atoms with Gasteiger partial charge in [-0.1, -0.05) is 24.3 Å². The molecule has 144 valence electrons. The first-order valence-electron chi connectivity index (χ1n) is 9.22. The summed E-state index contributed by atoms with van der Waals surface area (Å²) < 4.78 is 21.6. The summed E-state index contributed by atoms with van der Waals surface area (Å²) in [5, 5.41) is 11.0. The quantitative estimate of drug-likeness (QED) is 0.866. The van der Waals surface area contributed by atoms with Crippen LogP contribution in [-0.2, 0) is 0 Å². The summed E-state index contributed by atoms with van der Waals surface area (Å²) >= 11 is 0. The van der Waals surface area contributed by atoms with Crippen molar-refractivity contribution in [3.63, 3.8) is 0 Å². The Hall–Kier alpha value is -2.96. The van der Waals surface area contributed by atoms with E-state index < -0.39 is 6.10 Å². The minimum Gasteiger partial charge on any atom is -0.454 e. The molecule has 5 rings (SSSR count).